The molecular formula is C15H15F6NO3. The summed E-state index contributed by atoms with van der Waals surface area (Å²) in [5.41, 5.74) is -4.10. The fraction of sp³-hybridized carbons (Fsp3) is 0.467. The normalized spacial score (nSPS) is 13.5. The van der Waals surface area contributed by atoms with Crippen LogP contribution in [0.4, 0.5) is 26.3 Å². The molecule has 0 unspecified atom stereocenters. The molecule has 25 heavy (non-hydrogen) atoms. The van der Waals surface area contributed by atoms with Crippen LogP contribution >= 0.6 is 0 Å². The quantitative estimate of drug-likeness (QED) is 0.649. The summed E-state index contributed by atoms with van der Waals surface area (Å²) >= 11 is 0. The molecule has 0 fully saturated rings. The molecule has 1 rings (SSSR count). The Balaban J connectivity index is 3.31. The summed E-state index contributed by atoms with van der Waals surface area (Å²) in [4.78, 5) is 23.7. The number of alkyl halides is 6. The molecule has 4 nitrogen and oxygen atoms in total. The third kappa shape index (κ3) is 5.36. The Morgan fingerprint density at radius 3 is 1.72 bits per heavy atom. The predicted octanol–water partition coefficient (Wildman–Crippen LogP) is 3.65. The molecule has 0 saturated heterocycles. The Kier molecular flexibility index (Phi) is 6.09. The van der Waals surface area contributed by atoms with Crippen LogP contribution in [0, 0.1) is 5.92 Å². The summed E-state index contributed by atoms with van der Waals surface area (Å²) in [7, 11) is 1.04. The molecular weight excluding hydrogens is 356 g/mol. The van der Waals surface area contributed by atoms with Crippen LogP contribution < -0.4 is 5.32 Å². The first kappa shape index (κ1) is 20.8. The molecule has 0 bridgehead atoms. The molecule has 1 N–H and O–H groups in total. The van der Waals surface area contributed by atoms with Crippen molar-refractivity contribution in [2.45, 2.75) is 32.2 Å². The zero-order chi connectivity index (χ0) is 19.6. The summed E-state index contributed by atoms with van der Waals surface area (Å²) < 4.78 is 81.3. The minimum absolute atomic E-state index is 0.0863. The summed E-state index contributed by atoms with van der Waals surface area (Å²) in [5, 5.41) is 2.09. The highest BCUT2D eigenvalue weighted by Gasteiger charge is 2.38. The molecule has 1 aromatic rings. The second kappa shape index (κ2) is 7.32. The number of ether oxygens (including phenoxy) is 1. The molecule has 0 aliphatic carbocycles. The minimum Gasteiger partial charge on any atom is -0.467 e. The van der Waals surface area contributed by atoms with Gasteiger partial charge < -0.3 is 10.1 Å². The molecule has 10 heteroatoms. The topological polar surface area (TPSA) is 55.4 Å². The van der Waals surface area contributed by atoms with Crippen molar-refractivity contribution in [2.24, 2.45) is 5.92 Å². The first-order chi connectivity index (χ1) is 11.3. The molecule has 0 radical (unpaired) electrons. The summed E-state index contributed by atoms with van der Waals surface area (Å²) in [6.07, 6.45) is -10.1. The molecule has 0 aliphatic heterocycles. The van der Waals surface area contributed by atoms with Crippen LogP contribution in [0.25, 0.3) is 0 Å². The second-order valence-corrected chi connectivity index (χ2v) is 5.51. The average molecular weight is 371 g/mol. The van der Waals surface area contributed by atoms with E-state index in [2.05, 4.69) is 10.1 Å². The lowest BCUT2D eigenvalue weighted by Crippen LogP contribution is -2.45. The van der Waals surface area contributed by atoms with Gasteiger partial charge in [0, 0.05) is 5.56 Å². The number of esters is 1. The zero-order valence-corrected chi connectivity index (χ0v) is 13.4. The van der Waals surface area contributed by atoms with E-state index in [0.29, 0.717) is 12.1 Å². The van der Waals surface area contributed by atoms with Crippen LogP contribution in [0.1, 0.15) is 35.3 Å². The SMILES string of the molecule is COC(=O)[C@H](NC(=O)c1cc(C(F)(F)F)cc(C(F)(F)F)c1)C(C)C. The first-order valence-electron chi connectivity index (χ1n) is 6.95. The first-order valence-corrected chi connectivity index (χ1v) is 6.95. The number of methoxy groups -OCH3 is 1. The largest absolute Gasteiger partial charge is 0.467 e. The number of hydrogen-bond donors (Lipinski definition) is 1. The van der Waals surface area contributed by atoms with Crippen LogP contribution in [-0.4, -0.2) is 25.0 Å². The third-order valence-corrected chi connectivity index (χ3v) is 3.26. The number of amides is 1. The lowest BCUT2D eigenvalue weighted by molar-refractivity contribution is -0.145. The van der Waals surface area contributed by atoms with Crippen LogP contribution in [0.2, 0.25) is 0 Å². The Hall–Kier alpha value is -2.26. The predicted molar refractivity (Wildman–Crippen MR) is 74.6 cm³/mol. The number of benzene rings is 1. The Morgan fingerprint density at radius 2 is 1.40 bits per heavy atom. The van der Waals surface area contributed by atoms with Crippen molar-refractivity contribution in [3.8, 4) is 0 Å². The van der Waals surface area contributed by atoms with E-state index < -0.39 is 52.9 Å². The third-order valence-electron chi connectivity index (χ3n) is 3.26. The van der Waals surface area contributed by atoms with Crippen LogP contribution in [-0.2, 0) is 21.9 Å². The highest BCUT2D eigenvalue weighted by atomic mass is 19.4. The van der Waals surface area contributed by atoms with E-state index in [0.717, 1.165) is 7.11 Å². The molecule has 140 valence electrons. The fourth-order valence-corrected chi connectivity index (χ4v) is 1.94. The maximum atomic E-state index is 12.8. The van der Waals surface area contributed by atoms with Gasteiger partial charge in [-0.15, -0.1) is 0 Å². The van der Waals surface area contributed by atoms with Gasteiger partial charge in [0.2, 0.25) is 0 Å². The van der Waals surface area contributed by atoms with E-state index in [1.165, 1.54) is 13.8 Å². The van der Waals surface area contributed by atoms with Crippen molar-refractivity contribution in [1.29, 1.82) is 0 Å². The fourth-order valence-electron chi connectivity index (χ4n) is 1.94. The second-order valence-electron chi connectivity index (χ2n) is 5.51. The molecule has 0 saturated carbocycles. The van der Waals surface area contributed by atoms with Gasteiger partial charge in [0.05, 0.1) is 18.2 Å². The van der Waals surface area contributed by atoms with Gasteiger partial charge in [0.25, 0.3) is 5.91 Å². The number of halogens is 6. The van der Waals surface area contributed by atoms with Gasteiger partial charge in [0.1, 0.15) is 6.04 Å². The van der Waals surface area contributed by atoms with Crippen molar-refractivity contribution in [3.05, 3.63) is 34.9 Å². The van der Waals surface area contributed by atoms with Crippen molar-refractivity contribution >= 4 is 11.9 Å². The number of rotatable bonds is 4. The van der Waals surface area contributed by atoms with E-state index in [-0.39, 0.29) is 6.07 Å². The van der Waals surface area contributed by atoms with E-state index in [4.69, 9.17) is 0 Å². The Morgan fingerprint density at radius 1 is 0.960 bits per heavy atom. The molecule has 1 atom stereocenters. The highest BCUT2D eigenvalue weighted by Crippen LogP contribution is 2.36. The van der Waals surface area contributed by atoms with Gasteiger partial charge in [0.15, 0.2) is 0 Å². The minimum atomic E-state index is -5.07. The van der Waals surface area contributed by atoms with Gasteiger partial charge in [-0.1, -0.05) is 13.8 Å². The number of carbonyl (C=O) groups is 2. The monoisotopic (exact) mass is 371 g/mol. The Bertz CT molecular complexity index is 619. The van der Waals surface area contributed by atoms with Crippen LogP contribution in [0.3, 0.4) is 0 Å². The number of nitrogens with one attached hydrogen (secondary N) is 1. The van der Waals surface area contributed by atoms with Crippen LogP contribution in [0.15, 0.2) is 18.2 Å². The molecule has 1 aromatic carbocycles. The summed E-state index contributed by atoms with van der Waals surface area (Å²) in [5.74, 6) is -2.61. The maximum absolute atomic E-state index is 12.8. The van der Waals surface area contributed by atoms with Gasteiger partial charge in [-0.2, -0.15) is 26.3 Å². The van der Waals surface area contributed by atoms with Crippen molar-refractivity contribution in [1.82, 2.24) is 5.32 Å². The zero-order valence-electron chi connectivity index (χ0n) is 13.4. The molecule has 0 aliphatic rings. The standard InChI is InChI=1S/C15H15F6NO3/c1-7(2)11(13(24)25-3)22-12(23)8-4-9(14(16,17)18)6-10(5-8)15(19,20)21/h4-7,11H,1-3H3,(H,22,23)/t11-/m1/s1. The van der Waals surface area contributed by atoms with Gasteiger partial charge in [-0.25, -0.2) is 4.79 Å². The average Bonchev–Trinajstić information content (AvgIpc) is 2.49. The van der Waals surface area contributed by atoms with Crippen molar-refractivity contribution in [3.63, 3.8) is 0 Å². The van der Waals surface area contributed by atoms with E-state index in [9.17, 15) is 35.9 Å². The van der Waals surface area contributed by atoms with Gasteiger partial charge in [-0.3, -0.25) is 4.79 Å². The maximum Gasteiger partial charge on any atom is 0.416 e. The number of hydrogen-bond acceptors (Lipinski definition) is 3. The molecule has 0 heterocycles. The van der Waals surface area contributed by atoms with Crippen molar-refractivity contribution in [2.75, 3.05) is 7.11 Å². The lowest BCUT2D eigenvalue weighted by atomic mass is 10.0. The van der Waals surface area contributed by atoms with Gasteiger partial charge in [-0.05, 0) is 24.1 Å². The van der Waals surface area contributed by atoms with E-state index in [1.807, 2.05) is 0 Å². The smallest absolute Gasteiger partial charge is 0.416 e. The molecule has 0 aromatic heterocycles. The highest BCUT2D eigenvalue weighted by molar-refractivity contribution is 5.97. The summed E-state index contributed by atoms with van der Waals surface area (Å²) in [6.45, 7) is 3.05. The molecule has 0 spiro atoms. The van der Waals surface area contributed by atoms with Gasteiger partial charge >= 0.3 is 18.3 Å². The van der Waals surface area contributed by atoms with E-state index >= 15 is 0 Å². The van der Waals surface area contributed by atoms with Crippen LogP contribution in [0.5, 0.6) is 0 Å². The summed E-state index contributed by atoms with van der Waals surface area (Å²) in [6, 6.07) is -0.725. The number of carbonyl (C=O) groups excluding carboxylic acids is 2. The lowest BCUT2D eigenvalue weighted by Gasteiger charge is -2.20. The Labute approximate surface area is 139 Å². The molecule has 1 amide bonds. The van der Waals surface area contributed by atoms with E-state index in [1.54, 1.807) is 0 Å². The van der Waals surface area contributed by atoms with Crippen molar-refractivity contribution < 1.29 is 40.7 Å².